The zero-order valence-corrected chi connectivity index (χ0v) is 7.90. The molecule has 0 aliphatic rings. The van der Waals surface area contributed by atoms with E-state index in [-0.39, 0.29) is 6.42 Å². The van der Waals surface area contributed by atoms with Gasteiger partial charge in [-0.15, -0.1) is 0 Å². The van der Waals surface area contributed by atoms with Crippen molar-refractivity contribution in [1.82, 2.24) is 0 Å². The van der Waals surface area contributed by atoms with Crippen LogP contribution in [-0.4, -0.2) is 18.4 Å². The van der Waals surface area contributed by atoms with E-state index >= 15 is 0 Å². The first-order valence-electron chi connectivity index (χ1n) is 4.33. The molecule has 3 heteroatoms. The lowest BCUT2D eigenvalue weighted by Gasteiger charge is -2.05. The fourth-order valence-corrected chi connectivity index (χ4v) is 1.03. The summed E-state index contributed by atoms with van der Waals surface area (Å²) in [6, 6.07) is 9.22. The normalized spacial score (nSPS) is 11.8. The lowest BCUT2D eigenvalue weighted by Crippen LogP contribution is -2.17. The molecule has 0 aromatic heterocycles. The second-order valence-electron chi connectivity index (χ2n) is 2.91. The third kappa shape index (κ3) is 3.39. The quantitative estimate of drug-likeness (QED) is 0.673. The first-order chi connectivity index (χ1) is 6.72. The standard InChI is InChI=1S/C11H11O3/c1-9(8-12)14-11(13)7-10-5-3-2-4-6-10/h2-6,9H,7H2,1H3. The van der Waals surface area contributed by atoms with Crippen LogP contribution in [0, 0.1) is 0 Å². The molecule has 1 aromatic rings. The maximum absolute atomic E-state index is 11.2. The number of carbonyl (C=O) groups is 1. The van der Waals surface area contributed by atoms with Crippen LogP contribution in [0.2, 0.25) is 0 Å². The lowest BCUT2D eigenvalue weighted by atomic mass is 10.2. The minimum Gasteiger partial charge on any atom is -0.454 e. The first kappa shape index (κ1) is 10.4. The Balaban J connectivity index is 2.46. The second-order valence-corrected chi connectivity index (χ2v) is 2.91. The molecule has 1 aromatic carbocycles. The summed E-state index contributed by atoms with van der Waals surface area (Å²) in [5.74, 6) is -0.410. The molecule has 0 saturated carbocycles. The lowest BCUT2D eigenvalue weighted by molar-refractivity contribution is -0.144. The van der Waals surface area contributed by atoms with E-state index in [2.05, 4.69) is 0 Å². The Hall–Kier alpha value is -1.64. The van der Waals surface area contributed by atoms with Gasteiger partial charge in [0.1, 0.15) is 0 Å². The Labute approximate surface area is 82.7 Å². The van der Waals surface area contributed by atoms with E-state index in [0.717, 1.165) is 5.56 Å². The van der Waals surface area contributed by atoms with Crippen LogP contribution in [0.5, 0.6) is 0 Å². The zero-order chi connectivity index (χ0) is 10.4. The summed E-state index contributed by atoms with van der Waals surface area (Å²) in [5, 5.41) is 0. The third-order valence-electron chi connectivity index (χ3n) is 1.67. The number of hydrogen-bond acceptors (Lipinski definition) is 3. The van der Waals surface area contributed by atoms with Crippen molar-refractivity contribution in [3.8, 4) is 0 Å². The highest BCUT2D eigenvalue weighted by Gasteiger charge is 2.09. The van der Waals surface area contributed by atoms with Crippen molar-refractivity contribution in [2.45, 2.75) is 19.4 Å². The van der Waals surface area contributed by atoms with Gasteiger partial charge in [-0.3, -0.25) is 9.59 Å². The van der Waals surface area contributed by atoms with Crippen molar-refractivity contribution >= 4 is 12.3 Å². The summed E-state index contributed by atoms with van der Waals surface area (Å²) in [5.41, 5.74) is 0.871. The Kier molecular flexibility index (Phi) is 3.85. The van der Waals surface area contributed by atoms with Crippen LogP contribution in [0.25, 0.3) is 0 Å². The van der Waals surface area contributed by atoms with E-state index in [4.69, 9.17) is 4.74 Å². The topological polar surface area (TPSA) is 43.4 Å². The average Bonchev–Trinajstić information content (AvgIpc) is 2.19. The molecule has 14 heavy (non-hydrogen) atoms. The molecule has 0 aliphatic carbocycles. The summed E-state index contributed by atoms with van der Waals surface area (Å²) in [6.45, 7) is 1.48. The largest absolute Gasteiger partial charge is 0.454 e. The van der Waals surface area contributed by atoms with Crippen LogP contribution in [0.15, 0.2) is 30.3 Å². The van der Waals surface area contributed by atoms with Gasteiger partial charge in [0.05, 0.1) is 6.42 Å². The monoisotopic (exact) mass is 191 g/mol. The van der Waals surface area contributed by atoms with E-state index in [0.29, 0.717) is 0 Å². The van der Waals surface area contributed by atoms with Crippen LogP contribution in [-0.2, 0) is 20.7 Å². The number of hydrogen-bond donors (Lipinski definition) is 0. The van der Waals surface area contributed by atoms with Gasteiger partial charge < -0.3 is 4.74 Å². The number of carbonyl (C=O) groups excluding carboxylic acids is 2. The predicted molar refractivity (Wildman–Crippen MR) is 51.4 cm³/mol. The van der Waals surface area contributed by atoms with Crippen LogP contribution in [0.1, 0.15) is 12.5 Å². The zero-order valence-electron chi connectivity index (χ0n) is 7.90. The van der Waals surface area contributed by atoms with Crippen LogP contribution in [0.3, 0.4) is 0 Å². The van der Waals surface area contributed by atoms with Crippen molar-refractivity contribution in [3.63, 3.8) is 0 Å². The van der Waals surface area contributed by atoms with E-state index in [1.807, 2.05) is 30.3 Å². The second kappa shape index (κ2) is 5.17. The molecule has 0 aliphatic heterocycles. The van der Waals surface area contributed by atoms with Gasteiger partial charge in [-0.25, -0.2) is 0 Å². The van der Waals surface area contributed by atoms with Gasteiger partial charge in [-0.1, -0.05) is 30.3 Å². The van der Waals surface area contributed by atoms with Crippen molar-refractivity contribution < 1.29 is 14.3 Å². The summed E-state index contributed by atoms with van der Waals surface area (Å²) >= 11 is 0. The minimum atomic E-state index is -0.786. The predicted octanol–water partition coefficient (Wildman–Crippen LogP) is 1.27. The van der Waals surface area contributed by atoms with Gasteiger partial charge in [0, 0.05) is 0 Å². The molecular formula is C11H11O3. The summed E-state index contributed by atoms with van der Waals surface area (Å²) in [6.07, 6.45) is 0.990. The Bertz CT molecular complexity index is 306. The summed E-state index contributed by atoms with van der Waals surface area (Å²) in [7, 11) is 0. The maximum Gasteiger partial charge on any atom is 0.310 e. The first-order valence-corrected chi connectivity index (χ1v) is 4.33. The number of rotatable bonds is 4. The van der Waals surface area contributed by atoms with Gasteiger partial charge in [0.2, 0.25) is 6.29 Å². The number of ether oxygens (including phenoxy) is 1. The van der Waals surface area contributed by atoms with Crippen molar-refractivity contribution in [2.24, 2.45) is 0 Å². The number of esters is 1. The van der Waals surface area contributed by atoms with Gasteiger partial charge in [0.25, 0.3) is 0 Å². The summed E-state index contributed by atoms with van der Waals surface area (Å²) in [4.78, 5) is 21.3. The van der Waals surface area contributed by atoms with Gasteiger partial charge in [0.15, 0.2) is 6.10 Å². The molecule has 1 radical (unpaired) electrons. The van der Waals surface area contributed by atoms with Gasteiger partial charge >= 0.3 is 5.97 Å². The molecule has 0 amide bonds. The highest BCUT2D eigenvalue weighted by atomic mass is 16.5. The molecule has 73 valence electrons. The molecular weight excluding hydrogens is 180 g/mol. The van der Waals surface area contributed by atoms with Crippen molar-refractivity contribution in [1.29, 1.82) is 0 Å². The van der Waals surface area contributed by atoms with Crippen LogP contribution >= 0.6 is 0 Å². The maximum atomic E-state index is 11.2. The van der Waals surface area contributed by atoms with Crippen molar-refractivity contribution in [3.05, 3.63) is 35.9 Å². The fraction of sp³-hybridized carbons (Fsp3) is 0.273. The molecule has 0 bridgehead atoms. The molecule has 0 spiro atoms. The van der Waals surface area contributed by atoms with Crippen LogP contribution < -0.4 is 0 Å². The Morgan fingerprint density at radius 2 is 2.07 bits per heavy atom. The molecule has 0 saturated heterocycles. The van der Waals surface area contributed by atoms with E-state index in [1.165, 1.54) is 6.92 Å². The van der Waals surface area contributed by atoms with Gasteiger partial charge in [-0.2, -0.15) is 0 Å². The van der Waals surface area contributed by atoms with E-state index < -0.39 is 12.1 Å². The molecule has 3 nitrogen and oxygen atoms in total. The SMILES string of the molecule is CC([C]=O)OC(=O)Cc1ccccc1. The smallest absolute Gasteiger partial charge is 0.310 e. The Morgan fingerprint density at radius 1 is 1.43 bits per heavy atom. The summed E-state index contributed by atoms with van der Waals surface area (Å²) < 4.78 is 4.74. The van der Waals surface area contributed by atoms with Crippen LogP contribution in [0.4, 0.5) is 0 Å². The van der Waals surface area contributed by atoms with Crippen molar-refractivity contribution in [2.75, 3.05) is 0 Å². The molecule has 0 heterocycles. The molecule has 1 unspecified atom stereocenters. The third-order valence-corrected chi connectivity index (χ3v) is 1.67. The molecule has 0 N–H and O–H groups in total. The molecule has 1 atom stereocenters. The fourth-order valence-electron chi connectivity index (χ4n) is 1.03. The highest BCUT2D eigenvalue weighted by Crippen LogP contribution is 2.01. The van der Waals surface area contributed by atoms with E-state index in [9.17, 15) is 9.59 Å². The Morgan fingerprint density at radius 3 is 2.64 bits per heavy atom. The highest BCUT2D eigenvalue weighted by molar-refractivity contribution is 5.75. The van der Waals surface area contributed by atoms with E-state index in [1.54, 1.807) is 6.29 Å². The van der Waals surface area contributed by atoms with Gasteiger partial charge in [-0.05, 0) is 12.5 Å². The molecule has 1 rings (SSSR count). The number of benzene rings is 1. The average molecular weight is 191 g/mol. The molecule has 0 fully saturated rings. The minimum absolute atomic E-state index is 0.187.